The summed E-state index contributed by atoms with van der Waals surface area (Å²) in [4.78, 5) is 14.0. The molecule has 5 nitrogen and oxygen atoms in total. The molecule has 1 aromatic carbocycles. The summed E-state index contributed by atoms with van der Waals surface area (Å²) in [5, 5.41) is 26.9. The largest absolute Gasteiger partial charge is 0.508 e. The van der Waals surface area contributed by atoms with E-state index in [9.17, 15) is 9.90 Å². The first-order valence-electron chi connectivity index (χ1n) is 4.26. The fourth-order valence-electron chi connectivity index (χ4n) is 1.10. The van der Waals surface area contributed by atoms with E-state index in [1.165, 1.54) is 18.2 Å². The summed E-state index contributed by atoms with van der Waals surface area (Å²) in [5.41, 5.74) is 0.823. The number of carbonyl (C=O) groups is 1. The molecule has 0 aliphatic rings. The number of hydrogen-bond donors (Lipinski definition) is 3. The van der Waals surface area contributed by atoms with E-state index in [-0.39, 0.29) is 35.1 Å². The van der Waals surface area contributed by atoms with Crippen molar-refractivity contribution in [1.82, 2.24) is 0 Å². The fourth-order valence-corrected chi connectivity index (χ4v) is 1.10. The van der Waals surface area contributed by atoms with Crippen LogP contribution in [0.25, 0.3) is 0 Å². The minimum Gasteiger partial charge on any atom is -0.508 e. The first-order chi connectivity index (χ1) is 7.00. The third-order valence-corrected chi connectivity index (χ3v) is 1.82. The van der Waals surface area contributed by atoms with Crippen LogP contribution in [0.15, 0.2) is 23.2 Å². The van der Waals surface area contributed by atoms with Gasteiger partial charge in [-0.15, -0.1) is 0 Å². The normalized spacial score (nSPS) is 10.7. The van der Waals surface area contributed by atoms with E-state index < -0.39 is 5.97 Å². The van der Waals surface area contributed by atoms with E-state index in [1.807, 2.05) is 0 Å². The Labute approximate surface area is 103 Å². The fraction of sp³-hybridized carbons (Fsp3) is 0.200. The zero-order chi connectivity index (χ0) is 11.4. The smallest absolute Gasteiger partial charge is 0.325 e. The van der Waals surface area contributed by atoms with Crippen molar-refractivity contribution in [2.75, 3.05) is 6.54 Å². The third kappa shape index (κ3) is 3.92. The van der Waals surface area contributed by atoms with Gasteiger partial charge in [-0.1, -0.05) is 0 Å². The van der Waals surface area contributed by atoms with Crippen LogP contribution in [0, 0.1) is 0 Å². The molecule has 16 heavy (non-hydrogen) atoms. The summed E-state index contributed by atoms with van der Waals surface area (Å²) in [6, 6.07) is 4.05. The Hall–Kier alpha value is -1.52. The van der Waals surface area contributed by atoms with Gasteiger partial charge in [0.05, 0.1) is 0 Å². The van der Waals surface area contributed by atoms with E-state index in [0.29, 0.717) is 11.3 Å². The Morgan fingerprint density at radius 1 is 1.38 bits per heavy atom. The van der Waals surface area contributed by atoms with E-state index in [4.69, 9.17) is 10.2 Å². The number of carboxylic acids is 1. The Bertz CT molecular complexity index is 417. The number of nitrogens with zero attached hydrogens (tertiary/aromatic N) is 1. The maximum Gasteiger partial charge on any atom is 0.325 e. The standard InChI is InChI=1S/C10H11NO4.Mn/c1-6(11-5-10(14)15)8-3-2-7(12)4-9(8)13;/h2-4,12-13H,5H2,1H3,(H,14,15);. The molecule has 1 radical (unpaired) electrons. The molecular formula is C10H11MnNO4. The SMILES string of the molecule is CC(=NCC(=O)O)c1ccc(O)cc1O.[Mn]. The summed E-state index contributed by atoms with van der Waals surface area (Å²) in [7, 11) is 0. The minimum atomic E-state index is -1.03. The van der Waals surface area contributed by atoms with E-state index in [1.54, 1.807) is 6.92 Å². The summed E-state index contributed by atoms with van der Waals surface area (Å²) >= 11 is 0. The van der Waals surface area contributed by atoms with Crippen molar-refractivity contribution in [3.63, 3.8) is 0 Å². The van der Waals surface area contributed by atoms with Crippen LogP contribution in [0.1, 0.15) is 12.5 Å². The van der Waals surface area contributed by atoms with Crippen LogP contribution < -0.4 is 0 Å². The van der Waals surface area contributed by atoms with Crippen LogP contribution >= 0.6 is 0 Å². The first kappa shape index (κ1) is 14.5. The Morgan fingerprint density at radius 2 is 2.00 bits per heavy atom. The molecule has 0 bridgehead atoms. The summed E-state index contributed by atoms with van der Waals surface area (Å²) in [5.74, 6) is -1.21. The first-order valence-corrected chi connectivity index (χ1v) is 4.26. The molecule has 0 aliphatic heterocycles. The molecule has 0 aliphatic carbocycles. The predicted molar refractivity (Wildman–Crippen MR) is 54.5 cm³/mol. The van der Waals surface area contributed by atoms with Gasteiger partial charge >= 0.3 is 5.97 Å². The van der Waals surface area contributed by atoms with Crippen molar-refractivity contribution in [2.45, 2.75) is 6.92 Å². The number of phenolic OH excluding ortho intramolecular Hbond substituents is 2. The quantitative estimate of drug-likeness (QED) is 0.561. The third-order valence-electron chi connectivity index (χ3n) is 1.82. The van der Waals surface area contributed by atoms with Crippen LogP contribution in [0.2, 0.25) is 0 Å². The van der Waals surface area contributed by atoms with Gasteiger partial charge in [-0.2, -0.15) is 0 Å². The van der Waals surface area contributed by atoms with E-state index >= 15 is 0 Å². The summed E-state index contributed by atoms with van der Waals surface area (Å²) in [6.07, 6.45) is 0. The summed E-state index contributed by atoms with van der Waals surface area (Å²) < 4.78 is 0. The van der Waals surface area contributed by atoms with Gasteiger partial charge in [0.1, 0.15) is 18.0 Å². The molecule has 0 fully saturated rings. The van der Waals surface area contributed by atoms with Crippen molar-refractivity contribution in [3.8, 4) is 11.5 Å². The molecule has 1 rings (SSSR count). The molecule has 0 aromatic heterocycles. The van der Waals surface area contributed by atoms with Crippen molar-refractivity contribution in [3.05, 3.63) is 23.8 Å². The average molecular weight is 264 g/mol. The second kappa shape index (κ2) is 6.15. The monoisotopic (exact) mass is 264 g/mol. The maximum absolute atomic E-state index is 10.3. The second-order valence-electron chi connectivity index (χ2n) is 3.00. The molecule has 0 saturated carbocycles. The Morgan fingerprint density at radius 3 is 2.50 bits per heavy atom. The molecule has 0 saturated heterocycles. The van der Waals surface area contributed by atoms with Crippen molar-refractivity contribution >= 4 is 11.7 Å². The number of benzene rings is 1. The molecule has 87 valence electrons. The molecule has 0 amide bonds. The predicted octanol–water partition coefficient (Wildman–Crippen LogP) is 0.989. The number of hydrogen-bond acceptors (Lipinski definition) is 4. The molecular weight excluding hydrogens is 253 g/mol. The number of carboxylic acid groups (broad SMARTS) is 1. The van der Waals surface area contributed by atoms with Crippen molar-refractivity contribution in [1.29, 1.82) is 0 Å². The number of phenols is 2. The summed E-state index contributed by atoms with van der Waals surface area (Å²) in [6.45, 7) is 1.25. The molecule has 0 atom stereocenters. The second-order valence-corrected chi connectivity index (χ2v) is 3.00. The molecule has 0 spiro atoms. The van der Waals surface area contributed by atoms with Gasteiger partial charge in [0.25, 0.3) is 0 Å². The Balaban J connectivity index is 0.00000225. The molecule has 3 N–H and O–H groups in total. The van der Waals surface area contributed by atoms with E-state index in [0.717, 1.165) is 0 Å². The number of aliphatic carboxylic acids is 1. The number of rotatable bonds is 3. The van der Waals surface area contributed by atoms with Gasteiger partial charge in [0, 0.05) is 34.4 Å². The molecule has 1 aromatic rings. The zero-order valence-electron chi connectivity index (χ0n) is 8.51. The van der Waals surface area contributed by atoms with Crippen LogP contribution in [-0.4, -0.2) is 33.5 Å². The van der Waals surface area contributed by atoms with E-state index in [2.05, 4.69) is 4.99 Å². The zero-order valence-corrected chi connectivity index (χ0v) is 9.69. The van der Waals surface area contributed by atoms with Crippen LogP contribution in [0.5, 0.6) is 11.5 Å². The topological polar surface area (TPSA) is 90.1 Å². The average Bonchev–Trinajstić information content (AvgIpc) is 2.14. The molecule has 0 unspecified atom stereocenters. The molecule has 0 heterocycles. The number of aromatic hydroxyl groups is 2. The van der Waals surface area contributed by atoms with Gasteiger partial charge in [-0.05, 0) is 19.1 Å². The van der Waals surface area contributed by atoms with Gasteiger partial charge in [-0.25, -0.2) is 0 Å². The maximum atomic E-state index is 10.3. The number of aliphatic imine (C=N–C) groups is 1. The van der Waals surface area contributed by atoms with Crippen LogP contribution in [0.3, 0.4) is 0 Å². The van der Waals surface area contributed by atoms with Gasteiger partial charge in [0.15, 0.2) is 0 Å². The van der Waals surface area contributed by atoms with Gasteiger partial charge in [0.2, 0.25) is 0 Å². The minimum absolute atomic E-state index is 0. The Kier molecular flexibility index (Phi) is 5.56. The van der Waals surface area contributed by atoms with Crippen molar-refractivity contribution < 1.29 is 37.2 Å². The molecule has 6 heteroatoms. The van der Waals surface area contributed by atoms with Crippen molar-refractivity contribution in [2.24, 2.45) is 4.99 Å². The van der Waals surface area contributed by atoms with Crippen LogP contribution in [0.4, 0.5) is 0 Å². The van der Waals surface area contributed by atoms with Gasteiger partial charge < -0.3 is 15.3 Å². The van der Waals surface area contributed by atoms with Gasteiger partial charge in [-0.3, -0.25) is 9.79 Å². The van der Waals surface area contributed by atoms with Crippen LogP contribution in [-0.2, 0) is 21.9 Å².